The van der Waals surface area contributed by atoms with E-state index in [4.69, 9.17) is 4.52 Å². The number of benzene rings is 1. The zero-order chi connectivity index (χ0) is 23.1. The average molecular weight is 465 g/mol. The molecule has 0 unspecified atom stereocenters. The number of halogens is 3. The molecular weight excluding hydrogens is 451 g/mol. The van der Waals surface area contributed by atoms with Crippen molar-refractivity contribution in [1.29, 1.82) is 0 Å². The van der Waals surface area contributed by atoms with Crippen molar-refractivity contribution in [1.82, 2.24) is 15.1 Å². The van der Waals surface area contributed by atoms with Gasteiger partial charge in [0.25, 0.3) is 15.9 Å². The summed E-state index contributed by atoms with van der Waals surface area (Å²) < 4.78 is 73.4. The molecule has 0 saturated heterocycles. The molecule has 3 N–H and O–H groups in total. The number of aryl methyl sites for hydroxylation is 1. The second kappa shape index (κ2) is 7.67. The lowest BCUT2D eigenvalue weighted by Crippen LogP contribution is -2.18. The first-order valence-corrected chi connectivity index (χ1v) is 10.4. The number of nitrogens with zero attached hydrogens (tertiary/aromatic N) is 2. The minimum absolute atomic E-state index is 0.0521. The van der Waals surface area contributed by atoms with Gasteiger partial charge in [0.15, 0.2) is 0 Å². The fraction of sp³-hybridized carbons (Fsp3) is 0.105. The van der Waals surface area contributed by atoms with E-state index in [-0.39, 0.29) is 32.9 Å². The molecule has 0 atom stereocenters. The lowest BCUT2D eigenvalue weighted by Gasteiger charge is -2.16. The van der Waals surface area contributed by atoms with Gasteiger partial charge in [0.1, 0.15) is 21.9 Å². The van der Waals surface area contributed by atoms with E-state index in [2.05, 4.69) is 20.4 Å². The number of pyridine rings is 1. The maximum atomic E-state index is 13.7. The second-order valence-corrected chi connectivity index (χ2v) is 8.32. The van der Waals surface area contributed by atoms with Crippen molar-refractivity contribution < 1.29 is 30.9 Å². The minimum atomic E-state index is -4.91. The Labute approximate surface area is 178 Å². The highest BCUT2D eigenvalue weighted by atomic mass is 32.2. The SMILES string of the molecule is Cc1oncc1C(=O)Nc1ccc(NS(=O)(=O)c2c[nH]c3ncccc23)c(C(F)(F)F)c1. The van der Waals surface area contributed by atoms with Crippen LogP contribution in [-0.2, 0) is 16.2 Å². The van der Waals surface area contributed by atoms with Crippen LogP contribution >= 0.6 is 0 Å². The van der Waals surface area contributed by atoms with Crippen LogP contribution in [0.3, 0.4) is 0 Å². The predicted octanol–water partition coefficient (Wildman–Crippen LogP) is 3.93. The zero-order valence-electron chi connectivity index (χ0n) is 16.2. The average Bonchev–Trinajstić information content (AvgIpc) is 3.34. The van der Waals surface area contributed by atoms with Gasteiger partial charge >= 0.3 is 6.18 Å². The van der Waals surface area contributed by atoms with Crippen LogP contribution in [0.2, 0.25) is 0 Å². The maximum absolute atomic E-state index is 13.7. The fourth-order valence-corrected chi connectivity index (χ4v) is 4.26. The first kappa shape index (κ1) is 21.4. The highest BCUT2D eigenvalue weighted by molar-refractivity contribution is 7.93. The Morgan fingerprint density at radius 3 is 2.69 bits per heavy atom. The Morgan fingerprint density at radius 1 is 1.22 bits per heavy atom. The summed E-state index contributed by atoms with van der Waals surface area (Å²) in [4.78, 5) is 18.6. The summed E-state index contributed by atoms with van der Waals surface area (Å²) in [6, 6.07) is 5.68. The molecule has 0 bridgehead atoms. The van der Waals surface area contributed by atoms with Crippen LogP contribution < -0.4 is 10.0 Å². The molecule has 3 heterocycles. The van der Waals surface area contributed by atoms with Gasteiger partial charge in [0.05, 0.1) is 17.4 Å². The van der Waals surface area contributed by atoms with E-state index in [9.17, 15) is 26.4 Å². The number of amides is 1. The number of carbonyl (C=O) groups excluding carboxylic acids is 1. The van der Waals surface area contributed by atoms with Crippen LogP contribution in [0.1, 0.15) is 21.7 Å². The Balaban J connectivity index is 1.68. The molecule has 1 aromatic carbocycles. The van der Waals surface area contributed by atoms with Crippen LogP contribution in [-0.4, -0.2) is 29.4 Å². The third kappa shape index (κ3) is 4.01. The van der Waals surface area contributed by atoms with E-state index in [0.717, 1.165) is 24.5 Å². The van der Waals surface area contributed by atoms with Crippen molar-refractivity contribution >= 4 is 38.3 Å². The number of hydrogen-bond donors (Lipinski definition) is 3. The highest BCUT2D eigenvalue weighted by Gasteiger charge is 2.35. The minimum Gasteiger partial charge on any atom is -0.361 e. The molecule has 0 aliphatic carbocycles. The molecule has 0 aliphatic rings. The number of carbonyl (C=O) groups is 1. The molecule has 0 radical (unpaired) electrons. The largest absolute Gasteiger partial charge is 0.418 e. The lowest BCUT2D eigenvalue weighted by atomic mass is 10.1. The molecule has 0 aliphatic heterocycles. The fourth-order valence-electron chi connectivity index (χ4n) is 3.01. The molecular formula is C19H14F3N5O4S. The van der Waals surface area contributed by atoms with Gasteiger partial charge in [-0.2, -0.15) is 13.2 Å². The summed E-state index contributed by atoms with van der Waals surface area (Å²) in [6.45, 7) is 1.47. The Bertz CT molecular complexity index is 1430. The van der Waals surface area contributed by atoms with E-state index in [0.29, 0.717) is 6.07 Å². The van der Waals surface area contributed by atoms with Crippen molar-refractivity contribution in [3.8, 4) is 0 Å². The number of rotatable bonds is 5. The number of anilines is 2. The summed E-state index contributed by atoms with van der Waals surface area (Å²) in [5, 5.41) is 5.98. The highest BCUT2D eigenvalue weighted by Crippen LogP contribution is 2.38. The van der Waals surface area contributed by atoms with Crippen molar-refractivity contribution in [2.24, 2.45) is 0 Å². The molecule has 32 heavy (non-hydrogen) atoms. The Kier molecular flexibility index (Phi) is 5.12. The van der Waals surface area contributed by atoms with E-state index >= 15 is 0 Å². The van der Waals surface area contributed by atoms with Crippen LogP contribution in [0.15, 0.2) is 58.3 Å². The molecule has 3 aromatic heterocycles. The number of sulfonamides is 1. The van der Waals surface area contributed by atoms with Crippen LogP contribution in [0.25, 0.3) is 11.0 Å². The molecule has 0 saturated carbocycles. The number of alkyl halides is 3. The number of aromatic amines is 1. The van der Waals surface area contributed by atoms with E-state index in [1.165, 1.54) is 25.3 Å². The number of fused-ring (bicyclic) bond motifs is 1. The van der Waals surface area contributed by atoms with E-state index in [1.807, 2.05) is 4.72 Å². The number of nitrogens with one attached hydrogen (secondary N) is 3. The summed E-state index contributed by atoms with van der Waals surface area (Å²) in [5.74, 6) is -0.535. The van der Waals surface area contributed by atoms with Crippen molar-refractivity contribution in [3.05, 3.63) is 65.8 Å². The van der Waals surface area contributed by atoms with Crippen LogP contribution in [0.5, 0.6) is 0 Å². The van der Waals surface area contributed by atoms with Crippen molar-refractivity contribution in [3.63, 3.8) is 0 Å². The topological polar surface area (TPSA) is 130 Å². The van der Waals surface area contributed by atoms with Gasteiger partial charge in [0.2, 0.25) is 0 Å². The standard InChI is InChI=1S/C19H14F3N5O4S/c1-10-13(8-25-31-10)18(28)26-11-4-5-15(14(7-11)19(20,21)22)27-32(29,30)16-9-24-17-12(16)3-2-6-23-17/h2-9,27H,1H3,(H,23,24)(H,26,28). The lowest BCUT2D eigenvalue weighted by molar-refractivity contribution is -0.136. The summed E-state index contributed by atoms with van der Waals surface area (Å²) in [6.07, 6.45) is -1.19. The second-order valence-electron chi connectivity index (χ2n) is 6.67. The predicted molar refractivity (Wildman–Crippen MR) is 108 cm³/mol. The van der Waals surface area contributed by atoms with Crippen molar-refractivity contribution in [2.45, 2.75) is 18.0 Å². The molecule has 4 rings (SSSR count). The maximum Gasteiger partial charge on any atom is 0.418 e. The summed E-state index contributed by atoms with van der Waals surface area (Å²) in [5.41, 5.74) is -1.85. The molecule has 0 fully saturated rings. The molecule has 1 amide bonds. The molecule has 13 heteroatoms. The van der Waals surface area contributed by atoms with Crippen molar-refractivity contribution in [2.75, 3.05) is 10.0 Å². The number of hydrogen-bond acceptors (Lipinski definition) is 6. The van der Waals surface area contributed by atoms with Gasteiger partial charge < -0.3 is 14.8 Å². The monoisotopic (exact) mass is 465 g/mol. The normalized spacial score (nSPS) is 12.1. The van der Waals surface area contributed by atoms with Crippen LogP contribution in [0, 0.1) is 6.92 Å². The van der Waals surface area contributed by atoms with Gasteiger partial charge in [-0.1, -0.05) is 5.16 Å². The third-order valence-electron chi connectivity index (χ3n) is 4.53. The van der Waals surface area contributed by atoms with E-state index in [1.54, 1.807) is 0 Å². The number of aromatic nitrogens is 3. The van der Waals surface area contributed by atoms with Crippen LogP contribution in [0.4, 0.5) is 24.5 Å². The quantitative estimate of drug-likeness (QED) is 0.409. The van der Waals surface area contributed by atoms with Gasteiger partial charge in [-0.05, 0) is 37.3 Å². The zero-order valence-corrected chi connectivity index (χ0v) is 17.0. The van der Waals surface area contributed by atoms with Gasteiger partial charge in [-0.25, -0.2) is 13.4 Å². The van der Waals surface area contributed by atoms with E-state index < -0.39 is 33.4 Å². The summed E-state index contributed by atoms with van der Waals surface area (Å²) in [7, 11) is -4.39. The molecule has 166 valence electrons. The summed E-state index contributed by atoms with van der Waals surface area (Å²) >= 11 is 0. The third-order valence-corrected chi connectivity index (χ3v) is 5.93. The molecule has 9 nitrogen and oxygen atoms in total. The Morgan fingerprint density at radius 2 is 2.00 bits per heavy atom. The van der Waals surface area contributed by atoms with Gasteiger partial charge in [-0.15, -0.1) is 0 Å². The van der Waals surface area contributed by atoms with Gasteiger partial charge in [0, 0.05) is 23.5 Å². The molecule has 0 spiro atoms. The first-order valence-electron chi connectivity index (χ1n) is 8.95. The van der Waals surface area contributed by atoms with Gasteiger partial charge in [-0.3, -0.25) is 9.52 Å². The first-order chi connectivity index (χ1) is 15.1. The molecule has 4 aromatic rings. The smallest absolute Gasteiger partial charge is 0.361 e. The number of H-pyrrole nitrogens is 1. The Hall–Kier alpha value is -3.87.